The van der Waals surface area contributed by atoms with E-state index < -0.39 is 58.0 Å². The van der Waals surface area contributed by atoms with Gasteiger partial charge in [-0.1, -0.05) is 32.1 Å². The number of Topliss-reactive ketones (excluding diaryl/α,β-unsaturated/α-hetero) is 2. The van der Waals surface area contributed by atoms with Crippen molar-refractivity contribution in [2.75, 3.05) is 20.1 Å². The number of carbonyl (C=O) groups excluding carboxylic acids is 3. The van der Waals surface area contributed by atoms with E-state index in [1.807, 2.05) is 19.9 Å². The van der Waals surface area contributed by atoms with E-state index in [1.54, 1.807) is 0 Å². The summed E-state index contributed by atoms with van der Waals surface area (Å²) in [4.78, 5) is 41.2. The number of hydrogen-bond donors (Lipinski definition) is 6. The third-order valence-electron chi connectivity index (χ3n) is 8.78. The molecule has 3 aliphatic carbocycles. The number of phenolic OH excluding ortho intramolecular Hbond substituents is 1. The Bertz CT molecular complexity index is 1380. The van der Waals surface area contributed by atoms with Crippen molar-refractivity contribution in [2.45, 2.75) is 57.2 Å². The standard InChI is InChI=1S/C29H35N3O7/c1-13(2)16-10-15(12-32-7-5-4-6-8-32)23(33)20-17(16)9-14-11-18-22(31-3)25(35)21(28(30)38)27(37)29(18,39)26(36)19(14)24(20)34/h4-5,10,13-14,18,22,31,33-34,37,39H,6-9,11-12H2,1-3H3,(H2,30,38)/t14-,18-,22+,29-/m0/s1. The maximum absolute atomic E-state index is 14.0. The molecule has 1 aromatic carbocycles. The lowest BCUT2D eigenvalue weighted by Gasteiger charge is -2.49. The highest BCUT2D eigenvalue weighted by molar-refractivity contribution is 6.24. The summed E-state index contributed by atoms with van der Waals surface area (Å²) in [6.07, 6.45) is 5.43. The number of phenols is 1. The number of ketones is 2. The summed E-state index contributed by atoms with van der Waals surface area (Å²) in [6.45, 7) is 6.05. The number of nitrogens with zero attached hydrogens (tertiary/aromatic N) is 1. The number of nitrogens with two attached hydrogens (primary N) is 1. The lowest BCUT2D eigenvalue weighted by atomic mass is 9.57. The predicted octanol–water partition coefficient (Wildman–Crippen LogP) is 1.51. The molecule has 1 heterocycles. The number of rotatable bonds is 5. The number of fused-ring (bicyclic) bond motifs is 3. The first kappa shape index (κ1) is 27.1. The summed E-state index contributed by atoms with van der Waals surface area (Å²) in [5.41, 5.74) is 4.16. The maximum Gasteiger partial charge on any atom is 0.255 e. The molecule has 4 atom stereocenters. The number of carbonyl (C=O) groups is 3. The van der Waals surface area contributed by atoms with Crippen LogP contribution in [-0.2, 0) is 27.3 Å². The van der Waals surface area contributed by atoms with E-state index in [4.69, 9.17) is 5.73 Å². The second-order valence-corrected chi connectivity index (χ2v) is 11.3. The first-order chi connectivity index (χ1) is 18.4. The average molecular weight is 538 g/mol. The average Bonchev–Trinajstić information content (AvgIpc) is 2.88. The van der Waals surface area contributed by atoms with Gasteiger partial charge in [-0.05, 0) is 49.3 Å². The maximum atomic E-state index is 14.0. The molecule has 0 aromatic heterocycles. The Labute approximate surface area is 226 Å². The van der Waals surface area contributed by atoms with Crippen molar-refractivity contribution in [3.63, 3.8) is 0 Å². The van der Waals surface area contributed by atoms with Gasteiger partial charge in [0.2, 0.25) is 5.78 Å². The molecule has 1 aromatic rings. The number of amides is 1. The molecule has 39 heavy (non-hydrogen) atoms. The van der Waals surface area contributed by atoms with Gasteiger partial charge in [0.15, 0.2) is 11.4 Å². The number of nitrogens with one attached hydrogen (secondary N) is 1. The Balaban J connectivity index is 1.69. The van der Waals surface area contributed by atoms with Crippen molar-refractivity contribution >= 4 is 23.2 Å². The van der Waals surface area contributed by atoms with E-state index in [0.29, 0.717) is 18.5 Å². The fraction of sp³-hybridized carbons (Fsp3) is 0.483. The van der Waals surface area contributed by atoms with Crippen LogP contribution in [0, 0.1) is 11.8 Å². The molecule has 0 radical (unpaired) electrons. The Morgan fingerprint density at radius 2 is 1.95 bits per heavy atom. The van der Waals surface area contributed by atoms with Crippen LogP contribution in [0.2, 0.25) is 0 Å². The summed E-state index contributed by atoms with van der Waals surface area (Å²) in [6, 6.07) is 0.811. The van der Waals surface area contributed by atoms with Gasteiger partial charge >= 0.3 is 0 Å². The first-order valence-electron chi connectivity index (χ1n) is 13.3. The van der Waals surface area contributed by atoms with Gasteiger partial charge in [0.25, 0.3) is 5.91 Å². The van der Waals surface area contributed by atoms with Crippen LogP contribution in [0.1, 0.15) is 54.9 Å². The van der Waals surface area contributed by atoms with Crippen molar-refractivity contribution in [1.82, 2.24) is 10.2 Å². The van der Waals surface area contributed by atoms with Crippen LogP contribution in [0.3, 0.4) is 0 Å². The molecule has 10 nitrogen and oxygen atoms in total. The number of hydrogen-bond acceptors (Lipinski definition) is 9. The number of aromatic hydroxyl groups is 1. The van der Waals surface area contributed by atoms with E-state index in [9.17, 15) is 34.8 Å². The molecular weight excluding hydrogens is 502 g/mol. The SMILES string of the molecule is CN[C@H]1C(=O)C(C(N)=O)=C(O)[C@@]2(O)C(=O)C3=C(O)c4c(O)c(CN5CC=CCC5)cc(C(C)C)c4C[C@H]3C[C@@H]12. The molecule has 1 amide bonds. The fourth-order valence-corrected chi connectivity index (χ4v) is 6.87. The minimum absolute atomic E-state index is 0.0522. The topological polar surface area (TPSA) is 173 Å². The normalized spacial score (nSPS) is 29.0. The van der Waals surface area contributed by atoms with Gasteiger partial charge in [-0.25, -0.2) is 0 Å². The molecule has 1 aliphatic heterocycles. The summed E-state index contributed by atoms with van der Waals surface area (Å²) >= 11 is 0. The first-order valence-corrected chi connectivity index (χ1v) is 13.3. The second-order valence-electron chi connectivity index (χ2n) is 11.3. The lowest BCUT2D eigenvalue weighted by molar-refractivity contribution is -0.150. The number of benzene rings is 1. The summed E-state index contributed by atoms with van der Waals surface area (Å²) in [7, 11) is 1.46. The molecule has 0 unspecified atom stereocenters. The number of aliphatic hydroxyl groups excluding tert-OH is 2. The molecule has 208 valence electrons. The summed E-state index contributed by atoms with van der Waals surface area (Å²) in [5, 5.41) is 48.3. The van der Waals surface area contributed by atoms with Crippen molar-refractivity contribution < 1.29 is 34.8 Å². The highest BCUT2D eigenvalue weighted by Gasteiger charge is 2.63. The summed E-state index contributed by atoms with van der Waals surface area (Å²) in [5.74, 6) is -6.37. The number of likely N-dealkylation sites (N-methyl/N-ethyl adjacent to an activating group) is 1. The van der Waals surface area contributed by atoms with Gasteiger partial charge in [-0.2, -0.15) is 0 Å². The monoisotopic (exact) mass is 537 g/mol. The molecular formula is C29H35N3O7. The lowest BCUT2D eigenvalue weighted by Crippen LogP contribution is -2.65. The Morgan fingerprint density at radius 3 is 2.54 bits per heavy atom. The zero-order valence-corrected chi connectivity index (χ0v) is 22.3. The Morgan fingerprint density at radius 1 is 1.23 bits per heavy atom. The van der Waals surface area contributed by atoms with Crippen molar-refractivity contribution in [2.24, 2.45) is 17.6 Å². The largest absolute Gasteiger partial charge is 0.508 e. The number of aliphatic hydroxyl groups is 3. The molecule has 5 rings (SSSR count). The van der Waals surface area contributed by atoms with Gasteiger partial charge in [-0.3, -0.25) is 19.3 Å². The van der Waals surface area contributed by atoms with Crippen LogP contribution >= 0.6 is 0 Å². The zero-order valence-electron chi connectivity index (χ0n) is 22.3. The van der Waals surface area contributed by atoms with Crippen LogP contribution in [0.15, 0.2) is 35.1 Å². The Kier molecular flexibility index (Phi) is 6.69. The molecule has 10 heteroatoms. The zero-order chi connectivity index (χ0) is 28.4. The van der Waals surface area contributed by atoms with Gasteiger partial charge < -0.3 is 31.5 Å². The van der Waals surface area contributed by atoms with Crippen LogP contribution in [-0.4, -0.2) is 74.6 Å². The third kappa shape index (κ3) is 3.92. The van der Waals surface area contributed by atoms with Crippen LogP contribution in [0.25, 0.3) is 5.76 Å². The molecule has 1 saturated carbocycles. The van der Waals surface area contributed by atoms with Gasteiger partial charge in [0.1, 0.15) is 22.8 Å². The minimum atomic E-state index is -2.64. The van der Waals surface area contributed by atoms with Crippen LogP contribution < -0.4 is 11.1 Å². The van der Waals surface area contributed by atoms with Gasteiger partial charge in [-0.15, -0.1) is 0 Å². The fourth-order valence-electron chi connectivity index (χ4n) is 6.87. The molecule has 0 bridgehead atoms. The van der Waals surface area contributed by atoms with Crippen LogP contribution in [0.5, 0.6) is 5.75 Å². The Hall–Kier alpha value is -3.47. The quantitative estimate of drug-likeness (QED) is 0.240. The van der Waals surface area contributed by atoms with E-state index in [0.717, 1.165) is 30.6 Å². The van der Waals surface area contributed by atoms with Crippen molar-refractivity contribution in [1.29, 1.82) is 0 Å². The van der Waals surface area contributed by atoms with Crippen LogP contribution in [0.4, 0.5) is 0 Å². The second kappa shape index (κ2) is 9.62. The molecule has 0 spiro atoms. The third-order valence-corrected chi connectivity index (χ3v) is 8.78. The number of primary amides is 1. The minimum Gasteiger partial charge on any atom is -0.508 e. The van der Waals surface area contributed by atoms with E-state index in [-0.39, 0.29) is 29.2 Å². The highest BCUT2D eigenvalue weighted by Crippen LogP contribution is 2.53. The van der Waals surface area contributed by atoms with Crippen molar-refractivity contribution in [3.05, 3.63) is 57.4 Å². The van der Waals surface area contributed by atoms with Crippen molar-refractivity contribution in [3.8, 4) is 5.75 Å². The molecule has 4 aliphatic rings. The molecule has 0 saturated heterocycles. The van der Waals surface area contributed by atoms with Gasteiger partial charge in [0.05, 0.1) is 11.6 Å². The van der Waals surface area contributed by atoms with E-state index in [2.05, 4.69) is 22.4 Å². The smallest absolute Gasteiger partial charge is 0.255 e. The molecule has 7 N–H and O–H groups in total. The highest BCUT2D eigenvalue weighted by atomic mass is 16.3. The summed E-state index contributed by atoms with van der Waals surface area (Å²) < 4.78 is 0. The predicted molar refractivity (Wildman–Crippen MR) is 143 cm³/mol. The van der Waals surface area contributed by atoms with E-state index >= 15 is 0 Å². The van der Waals surface area contributed by atoms with Gasteiger partial charge in [0, 0.05) is 36.7 Å². The molecule has 1 fully saturated rings. The van der Waals surface area contributed by atoms with E-state index in [1.165, 1.54) is 7.05 Å².